The van der Waals surface area contributed by atoms with Crippen LogP contribution < -0.4 is 5.32 Å². The Morgan fingerprint density at radius 2 is 2.18 bits per heavy atom. The molecule has 0 unspecified atom stereocenters. The van der Waals surface area contributed by atoms with Gasteiger partial charge in [0.05, 0.1) is 11.6 Å². The smallest absolute Gasteiger partial charge is 0.165 e. The Kier molecular flexibility index (Phi) is 3.31. The minimum atomic E-state index is -0.385. The summed E-state index contributed by atoms with van der Waals surface area (Å²) in [4.78, 5) is 3.88. The van der Waals surface area contributed by atoms with Crippen molar-refractivity contribution in [2.45, 2.75) is 6.54 Å². The number of halogens is 1. The van der Waals surface area contributed by atoms with Crippen LogP contribution in [0.15, 0.2) is 42.6 Å². The summed E-state index contributed by atoms with van der Waals surface area (Å²) in [6, 6.07) is 12.1. The van der Waals surface area contributed by atoms with Gasteiger partial charge in [0.1, 0.15) is 0 Å². The number of nitriles is 1. The van der Waals surface area contributed by atoms with Gasteiger partial charge in [-0.25, -0.2) is 9.37 Å². The number of pyridine rings is 1. The fourth-order valence-corrected chi connectivity index (χ4v) is 1.45. The monoisotopic (exact) mass is 227 g/mol. The highest BCUT2D eigenvalue weighted by molar-refractivity contribution is 5.38. The molecule has 4 heteroatoms. The Morgan fingerprint density at radius 3 is 2.94 bits per heavy atom. The molecule has 0 atom stereocenters. The molecule has 0 fully saturated rings. The van der Waals surface area contributed by atoms with Crippen LogP contribution in [0, 0.1) is 17.1 Å². The van der Waals surface area contributed by atoms with Crippen LogP contribution in [-0.4, -0.2) is 4.98 Å². The van der Waals surface area contributed by atoms with Crippen molar-refractivity contribution >= 4 is 5.82 Å². The molecule has 1 heterocycles. The fraction of sp³-hybridized carbons (Fsp3) is 0.0769. The second-order valence-corrected chi connectivity index (χ2v) is 3.50. The van der Waals surface area contributed by atoms with Gasteiger partial charge in [0.2, 0.25) is 0 Å². The molecule has 2 aromatic rings. The van der Waals surface area contributed by atoms with Crippen LogP contribution in [0.3, 0.4) is 0 Å². The van der Waals surface area contributed by atoms with Crippen molar-refractivity contribution in [3.8, 4) is 6.07 Å². The van der Waals surface area contributed by atoms with E-state index in [2.05, 4.69) is 16.4 Å². The number of aromatic nitrogens is 1. The lowest BCUT2D eigenvalue weighted by Gasteiger charge is -2.06. The average molecular weight is 227 g/mol. The van der Waals surface area contributed by atoms with E-state index in [1.54, 1.807) is 18.2 Å². The Labute approximate surface area is 98.5 Å². The fourth-order valence-electron chi connectivity index (χ4n) is 1.45. The van der Waals surface area contributed by atoms with Crippen molar-refractivity contribution in [3.05, 3.63) is 59.5 Å². The van der Waals surface area contributed by atoms with Crippen molar-refractivity contribution in [3.63, 3.8) is 0 Å². The standard InChI is InChI=1S/C13H10FN3/c14-12-5-2-6-16-13(12)17-9-11-4-1-3-10(7-11)8-15/h1-7H,9H2,(H,16,17). The van der Waals surface area contributed by atoms with Crippen molar-refractivity contribution < 1.29 is 4.39 Å². The predicted molar refractivity (Wildman–Crippen MR) is 62.7 cm³/mol. The van der Waals surface area contributed by atoms with Crippen LogP contribution in [-0.2, 0) is 6.54 Å². The van der Waals surface area contributed by atoms with Gasteiger partial charge < -0.3 is 5.32 Å². The first-order chi connectivity index (χ1) is 8.29. The highest BCUT2D eigenvalue weighted by atomic mass is 19.1. The van der Waals surface area contributed by atoms with E-state index in [0.29, 0.717) is 12.1 Å². The minimum absolute atomic E-state index is 0.217. The van der Waals surface area contributed by atoms with Crippen molar-refractivity contribution in [1.82, 2.24) is 4.98 Å². The van der Waals surface area contributed by atoms with E-state index >= 15 is 0 Å². The molecule has 2 rings (SSSR count). The van der Waals surface area contributed by atoms with Crippen LogP contribution in [0.1, 0.15) is 11.1 Å². The Hall–Kier alpha value is -2.41. The third-order valence-electron chi connectivity index (χ3n) is 2.27. The van der Waals surface area contributed by atoms with Crippen LogP contribution in [0.4, 0.5) is 10.2 Å². The van der Waals surface area contributed by atoms with E-state index in [4.69, 9.17) is 5.26 Å². The first-order valence-corrected chi connectivity index (χ1v) is 5.13. The van der Waals surface area contributed by atoms with Crippen LogP contribution >= 0.6 is 0 Å². The lowest BCUT2D eigenvalue weighted by Crippen LogP contribution is -2.03. The third-order valence-corrected chi connectivity index (χ3v) is 2.27. The van der Waals surface area contributed by atoms with Crippen molar-refractivity contribution in [1.29, 1.82) is 5.26 Å². The SMILES string of the molecule is N#Cc1cccc(CNc2ncccc2F)c1. The Morgan fingerprint density at radius 1 is 1.29 bits per heavy atom. The zero-order valence-corrected chi connectivity index (χ0v) is 9.02. The molecule has 0 saturated carbocycles. The number of anilines is 1. The molecule has 1 aromatic heterocycles. The summed E-state index contributed by atoms with van der Waals surface area (Å²) in [5, 5.41) is 11.6. The van der Waals surface area contributed by atoms with Gasteiger partial charge in [-0.3, -0.25) is 0 Å². The molecule has 0 aliphatic rings. The quantitative estimate of drug-likeness (QED) is 0.877. The lowest BCUT2D eigenvalue weighted by atomic mass is 10.1. The average Bonchev–Trinajstić information content (AvgIpc) is 2.38. The first kappa shape index (κ1) is 11.1. The van der Waals surface area contributed by atoms with Gasteiger partial charge in [-0.15, -0.1) is 0 Å². The number of benzene rings is 1. The van der Waals surface area contributed by atoms with E-state index < -0.39 is 0 Å². The summed E-state index contributed by atoms with van der Waals surface area (Å²) in [5.74, 6) is -0.168. The van der Waals surface area contributed by atoms with Gasteiger partial charge >= 0.3 is 0 Å². The van der Waals surface area contributed by atoms with E-state index in [-0.39, 0.29) is 11.6 Å². The molecule has 84 valence electrons. The second kappa shape index (κ2) is 5.08. The summed E-state index contributed by atoms with van der Waals surface area (Å²) in [5.41, 5.74) is 1.50. The molecular formula is C13H10FN3. The normalized spacial score (nSPS) is 9.65. The van der Waals surface area contributed by atoms with Gasteiger partial charge in [-0.05, 0) is 29.8 Å². The molecule has 0 saturated heterocycles. The second-order valence-electron chi connectivity index (χ2n) is 3.50. The predicted octanol–water partition coefficient (Wildman–Crippen LogP) is 2.70. The number of hydrogen-bond donors (Lipinski definition) is 1. The van der Waals surface area contributed by atoms with Gasteiger partial charge in [0.25, 0.3) is 0 Å². The lowest BCUT2D eigenvalue weighted by molar-refractivity contribution is 0.624. The largest absolute Gasteiger partial charge is 0.364 e. The highest BCUT2D eigenvalue weighted by Crippen LogP contribution is 2.11. The minimum Gasteiger partial charge on any atom is -0.364 e. The van der Waals surface area contributed by atoms with Gasteiger partial charge in [0.15, 0.2) is 11.6 Å². The summed E-state index contributed by atoms with van der Waals surface area (Å²) < 4.78 is 13.3. The topological polar surface area (TPSA) is 48.7 Å². The van der Waals surface area contributed by atoms with Crippen LogP contribution in [0.2, 0.25) is 0 Å². The molecule has 0 aliphatic heterocycles. The maximum atomic E-state index is 13.3. The van der Waals surface area contributed by atoms with E-state index in [1.807, 2.05) is 6.07 Å². The zero-order chi connectivity index (χ0) is 12.1. The summed E-state index contributed by atoms with van der Waals surface area (Å²) in [6.07, 6.45) is 1.52. The molecule has 0 aliphatic carbocycles. The maximum Gasteiger partial charge on any atom is 0.165 e. The highest BCUT2D eigenvalue weighted by Gasteiger charge is 2.01. The van der Waals surface area contributed by atoms with E-state index in [1.165, 1.54) is 18.3 Å². The third kappa shape index (κ3) is 2.79. The summed E-state index contributed by atoms with van der Waals surface area (Å²) >= 11 is 0. The molecule has 0 amide bonds. The van der Waals surface area contributed by atoms with E-state index in [9.17, 15) is 4.39 Å². The van der Waals surface area contributed by atoms with Gasteiger partial charge in [-0.1, -0.05) is 12.1 Å². The van der Waals surface area contributed by atoms with Gasteiger partial charge in [-0.2, -0.15) is 5.26 Å². The molecule has 0 radical (unpaired) electrons. The molecule has 3 nitrogen and oxygen atoms in total. The Bertz CT molecular complexity index is 561. The first-order valence-electron chi connectivity index (χ1n) is 5.13. The molecular weight excluding hydrogens is 217 g/mol. The van der Waals surface area contributed by atoms with Gasteiger partial charge in [0, 0.05) is 12.7 Å². The van der Waals surface area contributed by atoms with E-state index in [0.717, 1.165) is 5.56 Å². The maximum absolute atomic E-state index is 13.3. The number of nitrogens with zero attached hydrogens (tertiary/aromatic N) is 2. The molecule has 1 aromatic carbocycles. The van der Waals surface area contributed by atoms with Crippen LogP contribution in [0.25, 0.3) is 0 Å². The summed E-state index contributed by atoms with van der Waals surface area (Å²) in [6.45, 7) is 0.434. The van der Waals surface area contributed by atoms with Crippen molar-refractivity contribution in [2.75, 3.05) is 5.32 Å². The Balaban J connectivity index is 2.08. The zero-order valence-electron chi connectivity index (χ0n) is 9.02. The molecule has 1 N–H and O–H groups in total. The molecule has 17 heavy (non-hydrogen) atoms. The number of nitrogens with one attached hydrogen (secondary N) is 1. The van der Waals surface area contributed by atoms with Crippen LogP contribution in [0.5, 0.6) is 0 Å². The summed E-state index contributed by atoms with van der Waals surface area (Å²) in [7, 11) is 0. The number of rotatable bonds is 3. The molecule has 0 bridgehead atoms. The molecule has 0 spiro atoms. The van der Waals surface area contributed by atoms with Crippen molar-refractivity contribution in [2.24, 2.45) is 0 Å². The number of hydrogen-bond acceptors (Lipinski definition) is 3.